The second-order valence-corrected chi connectivity index (χ2v) is 7.98. The lowest BCUT2D eigenvalue weighted by molar-refractivity contribution is 0.149. The SMILES string of the molecule is CCOCCCSc1nc2cc[nH]c2c(=O)n1-c1ccc(OCC2CC2)cc1. The van der Waals surface area contributed by atoms with Crippen LogP contribution >= 0.6 is 11.8 Å². The van der Waals surface area contributed by atoms with E-state index in [1.54, 1.807) is 22.5 Å². The van der Waals surface area contributed by atoms with Crippen molar-refractivity contribution in [3.05, 3.63) is 46.9 Å². The van der Waals surface area contributed by atoms with Gasteiger partial charge in [-0.15, -0.1) is 0 Å². The molecule has 0 aliphatic heterocycles. The number of aromatic amines is 1. The summed E-state index contributed by atoms with van der Waals surface area (Å²) in [5.41, 5.74) is 1.92. The molecule has 1 aliphatic rings. The molecule has 0 bridgehead atoms. The Morgan fingerprint density at radius 1 is 1.25 bits per heavy atom. The second-order valence-electron chi connectivity index (χ2n) is 6.92. The van der Waals surface area contributed by atoms with Crippen LogP contribution in [0, 0.1) is 5.92 Å². The predicted octanol–water partition coefficient (Wildman–Crippen LogP) is 4.02. The molecule has 0 amide bonds. The number of nitrogens with one attached hydrogen (secondary N) is 1. The molecular weight excluding hydrogens is 374 g/mol. The van der Waals surface area contributed by atoms with E-state index >= 15 is 0 Å². The average molecular weight is 400 g/mol. The summed E-state index contributed by atoms with van der Waals surface area (Å²) in [6.45, 7) is 4.20. The van der Waals surface area contributed by atoms with Crippen molar-refractivity contribution in [3.8, 4) is 11.4 Å². The molecule has 1 saturated carbocycles. The molecule has 0 unspecified atom stereocenters. The van der Waals surface area contributed by atoms with Gasteiger partial charge in [0.2, 0.25) is 0 Å². The number of nitrogens with zero attached hydrogens (tertiary/aromatic N) is 2. The molecule has 6 nitrogen and oxygen atoms in total. The first-order valence-electron chi connectivity index (χ1n) is 9.80. The highest BCUT2D eigenvalue weighted by Crippen LogP contribution is 2.30. The lowest BCUT2D eigenvalue weighted by Gasteiger charge is -2.13. The van der Waals surface area contributed by atoms with E-state index in [4.69, 9.17) is 14.5 Å². The maximum Gasteiger partial charge on any atom is 0.283 e. The van der Waals surface area contributed by atoms with Crippen molar-refractivity contribution in [2.24, 2.45) is 5.92 Å². The van der Waals surface area contributed by atoms with Crippen molar-refractivity contribution in [2.45, 2.75) is 31.3 Å². The van der Waals surface area contributed by atoms with Crippen LogP contribution in [0.5, 0.6) is 5.75 Å². The van der Waals surface area contributed by atoms with Crippen molar-refractivity contribution in [1.82, 2.24) is 14.5 Å². The maximum absolute atomic E-state index is 13.1. The zero-order valence-electron chi connectivity index (χ0n) is 16.0. The summed E-state index contributed by atoms with van der Waals surface area (Å²) in [6, 6.07) is 9.52. The number of hydrogen-bond acceptors (Lipinski definition) is 5. The van der Waals surface area contributed by atoms with Crippen LogP contribution < -0.4 is 10.3 Å². The smallest absolute Gasteiger partial charge is 0.283 e. The van der Waals surface area contributed by atoms with E-state index in [0.29, 0.717) is 28.7 Å². The minimum Gasteiger partial charge on any atom is -0.493 e. The summed E-state index contributed by atoms with van der Waals surface area (Å²) in [5.74, 6) is 2.38. The summed E-state index contributed by atoms with van der Waals surface area (Å²) in [5, 5.41) is 0.695. The third-order valence-corrected chi connectivity index (χ3v) is 5.72. The van der Waals surface area contributed by atoms with Crippen molar-refractivity contribution >= 4 is 22.8 Å². The molecule has 2 heterocycles. The largest absolute Gasteiger partial charge is 0.493 e. The van der Waals surface area contributed by atoms with Crippen molar-refractivity contribution in [2.75, 3.05) is 25.6 Å². The van der Waals surface area contributed by atoms with Gasteiger partial charge in [0, 0.05) is 25.2 Å². The quantitative estimate of drug-likeness (QED) is 0.317. The fraction of sp³-hybridized carbons (Fsp3) is 0.429. The van der Waals surface area contributed by atoms with Crippen molar-refractivity contribution in [1.29, 1.82) is 0 Å². The van der Waals surface area contributed by atoms with Crippen molar-refractivity contribution in [3.63, 3.8) is 0 Å². The van der Waals surface area contributed by atoms with E-state index in [2.05, 4.69) is 4.98 Å². The molecule has 0 saturated heterocycles. The fourth-order valence-corrected chi connectivity index (χ4v) is 3.89. The highest BCUT2D eigenvalue weighted by Gasteiger charge is 2.22. The van der Waals surface area contributed by atoms with Gasteiger partial charge in [0.25, 0.3) is 5.56 Å². The summed E-state index contributed by atoms with van der Waals surface area (Å²) >= 11 is 1.58. The second kappa shape index (κ2) is 8.84. The Morgan fingerprint density at radius 2 is 2.07 bits per heavy atom. The molecule has 0 radical (unpaired) electrons. The molecule has 3 aromatic rings. The van der Waals surface area contributed by atoms with Gasteiger partial charge < -0.3 is 14.5 Å². The van der Waals surface area contributed by atoms with E-state index in [-0.39, 0.29) is 5.56 Å². The molecule has 28 heavy (non-hydrogen) atoms. The van der Waals surface area contributed by atoms with Crippen LogP contribution in [0.25, 0.3) is 16.7 Å². The van der Waals surface area contributed by atoms with Gasteiger partial charge in [-0.25, -0.2) is 4.98 Å². The van der Waals surface area contributed by atoms with Gasteiger partial charge in [-0.05, 0) is 62.4 Å². The summed E-state index contributed by atoms with van der Waals surface area (Å²) < 4.78 is 12.9. The van der Waals surface area contributed by atoms with Crippen LogP contribution in [0.1, 0.15) is 26.2 Å². The third-order valence-electron chi connectivity index (χ3n) is 4.70. The summed E-state index contributed by atoms with van der Waals surface area (Å²) in [4.78, 5) is 20.8. The Labute approximate surface area is 168 Å². The Balaban J connectivity index is 1.58. The molecule has 0 atom stereocenters. The predicted molar refractivity (Wildman–Crippen MR) is 112 cm³/mol. The Kier molecular flexibility index (Phi) is 6.02. The molecule has 1 fully saturated rings. The van der Waals surface area contributed by atoms with Crippen LogP contribution in [0.4, 0.5) is 0 Å². The standard InChI is InChI=1S/C21H25N3O3S/c1-2-26-12-3-13-28-21-23-18-10-11-22-19(18)20(25)24(21)16-6-8-17(9-7-16)27-14-15-4-5-15/h6-11,15,22H,2-5,12-14H2,1H3. The molecule has 148 valence electrons. The van der Waals surface area contributed by atoms with Gasteiger partial charge in [-0.2, -0.15) is 0 Å². The zero-order chi connectivity index (χ0) is 19.3. The first-order valence-corrected chi connectivity index (χ1v) is 10.8. The van der Waals surface area contributed by atoms with Crippen molar-refractivity contribution < 1.29 is 9.47 Å². The highest BCUT2D eigenvalue weighted by atomic mass is 32.2. The lowest BCUT2D eigenvalue weighted by Crippen LogP contribution is -2.21. The van der Waals surface area contributed by atoms with Crippen LogP contribution in [-0.2, 0) is 4.74 Å². The van der Waals surface area contributed by atoms with E-state index in [9.17, 15) is 4.79 Å². The monoisotopic (exact) mass is 399 g/mol. The van der Waals surface area contributed by atoms with E-state index in [1.807, 2.05) is 37.3 Å². The topological polar surface area (TPSA) is 69.1 Å². The Hall–Kier alpha value is -2.25. The Morgan fingerprint density at radius 3 is 2.82 bits per heavy atom. The molecular formula is C21H25N3O3S. The minimum atomic E-state index is -0.0889. The number of benzene rings is 1. The highest BCUT2D eigenvalue weighted by molar-refractivity contribution is 7.99. The number of rotatable bonds is 10. The molecule has 0 spiro atoms. The van der Waals surface area contributed by atoms with E-state index < -0.39 is 0 Å². The number of ether oxygens (including phenoxy) is 2. The molecule has 1 aliphatic carbocycles. The Bertz CT molecular complexity index is 977. The number of thioether (sulfide) groups is 1. The average Bonchev–Trinajstić information content (AvgIpc) is 3.42. The van der Waals surface area contributed by atoms with Crippen LogP contribution in [0.2, 0.25) is 0 Å². The van der Waals surface area contributed by atoms with E-state index in [0.717, 1.165) is 36.8 Å². The summed E-state index contributed by atoms with van der Waals surface area (Å²) in [6.07, 6.45) is 5.19. The molecule has 4 rings (SSSR count). The van der Waals surface area contributed by atoms with Gasteiger partial charge >= 0.3 is 0 Å². The van der Waals surface area contributed by atoms with Gasteiger partial charge in [0.1, 0.15) is 11.3 Å². The molecule has 2 aromatic heterocycles. The van der Waals surface area contributed by atoms with Gasteiger partial charge in [-0.3, -0.25) is 9.36 Å². The maximum atomic E-state index is 13.1. The normalized spacial score (nSPS) is 13.9. The zero-order valence-corrected chi connectivity index (χ0v) is 16.8. The van der Waals surface area contributed by atoms with Gasteiger partial charge in [0.05, 0.1) is 17.8 Å². The lowest BCUT2D eigenvalue weighted by atomic mass is 10.3. The van der Waals surface area contributed by atoms with E-state index in [1.165, 1.54) is 12.8 Å². The first-order chi connectivity index (χ1) is 13.8. The van der Waals surface area contributed by atoms with Crippen LogP contribution in [-0.4, -0.2) is 40.1 Å². The summed E-state index contributed by atoms with van der Waals surface area (Å²) in [7, 11) is 0. The fourth-order valence-electron chi connectivity index (χ4n) is 2.96. The number of hydrogen-bond donors (Lipinski definition) is 1. The van der Waals surface area contributed by atoms with Crippen LogP contribution in [0.3, 0.4) is 0 Å². The van der Waals surface area contributed by atoms with Gasteiger partial charge in [-0.1, -0.05) is 11.8 Å². The minimum absolute atomic E-state index is 0.0889. The molecule has 1 aromatic carbocycles. The van der Waals surface area contributed by atoms with Gasteiger partial charge in [0.15, 0.2) is 5.16 Å². The molecule has 7 heteroatoms. The van der Waals surface area contributed by atoms with Crippen LogP contribution in [0.15, 0.2) is 46.5 Å². The third kappa shape index (κ3) is 4.42. The number of H-pyrrole nitrogens is 1. The molecule has 1 N–H and O–H groups in total. The number of aromatic nitrogens is 3. The first kappa shape index (κ1) is 19.1. The number of fused-ring (bicyclic) bond motifs is 1.